The molecule has 1 amide bonds. The van der Waals surface area contributed by atoms with Gasteiger partial charge in [0.25, 0.3) is 10.2 Å². The van der Waals surface area contributed by atoms with Gasteiger partial charge in [0.1, 0.15) is 0 Å². The van der Waals surface area contributed by atoms with Crippen LogP contribution in [0.15, 0.2) is 0 Å². The molecule has 7 heteroatoms. The Morgan fingerprint density at radius 1 is 1.26 bits per heavy atom. The van der Waals surface area contributed by atoms with E-state index in [1.165, 1.54) is 4.31 Å². The Bertz CT molecular complexity index is 438. The SMILES string of the molecule is C[C@@H]1CCCN(S(=O)(=O)N[C@@H]2CCN(C)C(=O)C2)C1. The van der Waals surface area contributed by atoms with Crippen molar-refractivity contribution in [2.24, 2.45) is 5.92 Å². The van der Waals surface area contributed by atoms with Crippen LogP contribution >= 0.6 is 0 Å². The van der Waals surface area contributed by atoms with Crippen molar-refractivity contribution in [3.63, 3.8) is 0 Å². The first-order chi connectivity index (χ1) is 8.88. The van der Waals surface area contributed by atoms with Crippen molar-refractivity contribution < 1.29 is 13.2 Å². The monoisotopic (exact) mass is 289 g/mol. The second-order valence-electron chi connectivity index (χ2n) is 5.73. The summed E-state index contributed by atoms with van der Waals surface area (Å²) in [6, 6.07) is -0.258. The summed E-state index contributed by atoms with van der Waals surface area (Å²) in [5.74, 6) is 0.412. The molecular formula is C12H23N3O3S. The van der Waals surface area contributed by atoms with Crippen molar-refractivity contribution in [3.05, 3.63) is 0 Å². The number of likely N-dealkylation sites (tertiary alicyclic amines) is 1. The van der Waals surface area contributed by atoms with Crippen LogP contribution in [0.4, 0.5) is 0 Å². The molecule has 6 nitrogen and oxygen atoms in total. The lowest BCUT2D eigenvalue weighted by Crippen LogP contribution is -2.52. The zero-order chi connectivity index (χ0) is 14.0. The number of nitrogens with one attached hydrogen (secondary N) is 1. The van der Waals surface area contributed by atoms with Gasteiger partial charge in [-0.15, -0.1) is 0 Å². The van der Waals surface area contributed by atoms with Crippen LogP contribution in [-0.4, -0.2) is 56.3 Å². The Morgan fingerprint density at radius 2 is 2.00 bits per heavy atom. The molecular weight excluding hydrogens is 266 g/mol. The molecule has 0 unspecified atom stereocenters. The first-order valence-electron chi connectivity index (χ1n) is 6.90. The number of rotatable bonds is 3. The smallest absolute Gasteiger partial charge is 0.279 e. The molecule has 0 aromatic rings. The molecule has 0 radical (unpaired) electrons. The number of hydrogen-bond acceptors (Lipinski definition) is 3. The van der Waals surface area contributed by atoms with Crippen molar-refractivity contribution in [2.45, 2.75) is 38.6 Å². The van der Waals surface area contributed by atoms with Gasteiger partial charge in [-0.2, -0.15) is 17.4 Å². The highest BCUT2D eigenvalue weighted by atomic mass is 32.2. The van der Waals surface area contributed by atoms with Crippen LogP contribution in [0.25, 0.3) is 0 Å². The average Bonchev–Trinajstić information content (AvgIpc) is 2.33. The van der Waals surface area contributed by atoms with Crippen LogP contribution in [0.3, 0.4) is 0 Å². The Morgan fingerprint density at radius 3 is 2.63 bits per heavy atom. The number of hydrogen-bond donors (Lipinski definition) is 1. The molecule has 0 bridgehead atoms. The van der Waals surface area contributed by atoms with Gasteiger partial charge in [0.2, 0.25) is 5.91 Å². The summed E-state index contributed by atoms with van der Waals surface area (Å²) in [4.78, 5) is 13.2. The van der Waals surface area contributed by atoms with Crippen molar-refractivity contribution in [1.82, 2.24) is 13.9 Å². The third-order valence-electron chi connectivity index (χ3n) is 3.94. The van der Waals surface area contributed by atoms with Gasteiger partial charge >= 0.3 is 0 Å². The van der Waals surface area contributed by atoms with Crippen LogP contribution in [0, 0.1) is 5.92 Å². The van der Waals surface area contributed by atoms with E-state index in [9.17, 15) is 13.2 Å². The Labute approximate surface area is 115 Å². The number of piperidine rings is 2. The predicted octanol–water partition coefficient (Wildman–Crippen LogP) is 0.174. The normalized spacial score (nSPS) is 30.6. The molecule has 2 aliphatic heterocycles. The van der Waals surface area contributed by atoms with Gasteiger partial charge in [0, 0.05) is 39.1 Å². The fourth-order valence-corrected chi connectivity index (χ4v) is 4.28. The quantitative estimate of drug-likeness (QED) is 0.805. The summed E-state index contributed by atoms with van der Waals surface area (Å²) in [5.41, 5.74) is 0. The third-order valence-corrected chi connectivity index (χ3v) is 5.58. The Balaban J connectivity index is 1.95. The minimum absolute atomic E-state index is 0.00552. The zero-order valence-electron chi connectivity index (χ0n) is 11.6. The Kier molecular flexibility index (Phi) is 4.47. The van der Waals surface area contributed by atoms with E-state index < -0.39 is 10.2 Å². The molecule has 2 saturated heterocycles. The maximum absolute atomic E-state index is 12.3. The molecule has 0 spiro atoms. The lowest BCUT2D eigenvalue weighted by molar-refractivity contribution is -0.132. The predicted molar refractivity (Wildman–Crippen MR) is 72.7 cm³/mol. The highest BCUT2D eigenvalue weighted by molar-refractivity contribution is 7.87. The van der Waals surface area contributed by atoms with Gasteiger partial charge in [-0.3, -0.25) is 4.79 Å². The largest absolute Gasteiger partial charge is 0.346 e. The van der Waals surface area contributed by atoms with Crippen LogP contribution in [0.5, 0.6) is 0 Å². The van der Waals surface area contributed by atoms with E-state index in [2.05, 4.69) is 11.6 Å². The van der Waals surface area contributed by atoms with Crippen molar-refractivity contribution in [2.75, 3.05) is 26.7 Å². The topological polar surface area (TPSA) is 69.7 Å². The number of carbonyl (C=O) groups is 1. The summed E-state index contributed by atoms with van der Waals surface area (Å²) in [7, 11) is -1.69. The molecule has 2 aliphatic rings. The first kappa shape index (κ1) is 14.7. The molecule has 2 rings (SSSR count). The fourth-order valence-electron chi connectivity index (χ4n) is 2.69. The fraction of sp³-hybridized carbons (Fsp3) is 0.917. The van der Waals surface area contributed by atoms with Crippen LogP contribution in [0.1, 0.15) is 32.6 Å². The number of nitrogens with zero attached hydrogens (tertiary/aromatic N) is 2. The minimum Gasteiger partial charge on any atom is -0.346 e. The lowest BCUT2D eigenvalue weighted by atomic mass is 10.0. The van der Waals surface area contributed by atoms with Crippen molar-refractivity contribution in [3.8, 4) is 0 Å². The maximum Gasteiger partial charge on any atom is 0.279 e. The lowest BCUT2D eigenvalue weighted by Gasteiger charge is -2.33. The van der Waals surface area contributed by atoms with Crippen LogP contribution < -0.4 is 4.72 Å². The van der Waals surface area contributed by atoms with Gasteiger partial charge in [-0.25, -0.2) is 0 Å². The maximum atomic E-state index is 12.3. The molecule has 0 aromatic heterocycles. The minimum atomic E-state index is -3.44. The second kappa shape index (κ2) is 5.76. The number of amides is 1. The van der Waals surface area contributed by atoms with E-state index in [1.807, 2.05) is 0 Å². The summed E-state index contributed by atoms with van der Waals surface area (Å²) in [6.45, 7) is 3.85. The van der Waals surface area contributed by atoms with Gasteiger partial charge in [0.15, 0.2) is 0 Å². The van der Waals surface area contributed by atoms with Gasteiger partial charge in [-0.1, -0.05) is 6.92 Å². The van der Waals surface area contributed by atoms with Crippen molar-refractivity contribution >= 4 is 16.1 Å². The van der Waals surface area contributed by atoms with E-state index in [0.717, 1.165) is 12.8 Å². The second-order valence-corrected chi connectivity index (χ2v) is 7.44. The van der Waals surface area contributed by atoms with Gasteiger partial charge < -0.3 is 4.90 Å². The molecule has 2 fully saturated rings. The van der Waals surface area contributed by atoms with Gasteiger partial charge in [0.05, 0.1) is 0 Å². The summed E-state index contributed by atoms with van der Waals surface area (Å²) in [5, 5.41) is 0. The molecule has 110 valence electrons. The van der Waals surface area contributed by atoms with Gasteiger partial charge in [-0.05, 0) is 25.2 Å². The summed E-state index contributed by atoms with van der Waals surface area (Å²) < 4.78 is 28.8. The van der Waals surface area contributed by atoms with Crippen molar-refractivity contribution in [1.29, 1.82) is 0 Å². The molecule has 0 aromatic carbocycles. The zero-order valence-corrected chi connectivity index (χ0v) is 12.4. The van der Waals surface area contributed by atoms with E-state index in [0.29, 0.717) is 32.0 Å². The van der Waals surface area contributed by atoms with E-state index in [-0.39, 0.29) is 18.4 Å². The Hall–Kier alpha value is -0.660. The van der Waals surface area contributed by atoms with E-state index >= 15 is 0 Å². The van der Waals surface area contributed by atoms with Crippen LogP contribution in [-0.2, 0) is 15.0 Å². The third kappa shape index (κ3) is 3.67. The highest BCUT2D eigenvalue weighted by Gasteiger charge is 2.31. The molecule has 19 heavy (non-hydrogen) atoms. The summed E-state index contributed by atoms with van der Waals surface area (Å²) in [6.07, 6.45) is 2.94. The molecule has 0 saturated carbocycles. The molecule has 2 atom stereocenters. The highest BCUT2D eigenvalue weighted by Crippen LogP contribution is 2.19. The molecule has 1 N–H and O–H groups in total. The van der Waals surface area contributed by atoms with Crippen LogP contribution in [0.2, 0.25) is 0 Å². The van der Waals surface area contributed by atoms with E-state index in [1.54, 1.807) is 11.9 Å². The van der Waals surface area contributed by atoms with E-state index in [4.69, 9.17) is 0 Å². The molecule has 2 heterocycles. The number of carbonyl (C=O) groups excluding carboxylic acids is 1. The first-order valence-corrected chi connectivity index (χ1v) is 8.34. The summed E-state index contributed by atoms with van der Waals surface area (Å²) >= 11 is 0. The standard InChI is InChI=1S/C12H23N3O3S/c1-10-4-3-6-15(9-10)19(17,18)13-11-5-7-14(2)12(16)8-11/h10-11,13H,3-9H2,1-2H3/t10-,11-/m1/s1. The average molecular weight is 289 g/mol. The molecule has 0 aliphatic carbocycles.